The molecule has 0 spiro atoms. The number of amides is 1. The van der Waals surface area contributed by atoms with Crippen LogP contribution in [0.2, 0.25) is 0 Å². The Bertz CT molecular complexity index is 1060. The lowest BCUT2D eigenvalue weighted by Gasteiger charge is -2.29. The van der Waals surface area contributed by atoms with Crippen LogP contribution in [0.15, 0.2) is 47.4 Å². The van der Waals surface area contributed by atoms with Crippen molar-refractivity contribution in [3.63, 3.8) is 0 Å². The fourth-order valence-electron chi connectivity index (χ4n) is 3.52. The number of nitrogens with zero attached hydrogens (tertiary/aromatic N) is 1. The number of rotatable bonds is 5. The number of nitrogens with one attached hydrogen (secondary N) is 1. The first kappa shape index (κ1) is 23.3. The Morgan fingerprint density at radius 2 is 1.81 bits per heavy atom. The fourth-order valence-corrected chi connectivity index (χ4v) is 5.01. The average molecular weight is 455 g/mol. The summed E-state index contributed by atoms with van der Waals surface area (Å²) in [4.78, 5) is 12.7. The molecular formula is C22H25F3N2O3S. The van der Waals surface area contributed by atoms with Gasteiger partial charge >= 0.3 is 6.18 Å². The molecule has 1 fully saturated rings. The number of sulfonamides is 1. The van der Waals surface area contributed by atoms with Crippen molar-refractivity contribution in [2.75, 3.05) is 13.1 Å². The summed E-state index contributed by atoms with van der Waals surface area (Å²) in [7, 11) is -3.72. The van der Waals surface area contributed by atoms with E-state index >= 15 is 0 Å². The van der Waals surface area contributed by atoms with Gasteiger partial charge in [0.15, 0.2) is 0 Å². The van der Waals surface area contributed by atoms with Crippen LogP contribution >= 0.6 is 0 Å². The van der Waals surface area contributed by atoms with Crippen LogP contribution in [0.1, 0.15) is 46.8 Å². The van der Waals surface area contributed by atoms with E-state index in [9.17, 15) is 26.4 Å². The smallest absolute Gasteiger partial charge is 0.348 e. The molecule has 168 valence electrons. The summed E-state index contributed by atoms with van der Waals surface area (Å²) < 4.78 is 66.0. The lowest BCUT2D eigenvalue weighted by molar-refractivity contribution is -0.137. The van der Waals surface area contributed by atoms with Gasteiger partial charge in [-0.2, -0.15) is 17.5 Å². The highest BCUT2D eigenvalue weighted by Gasteiger charge is 2.31. The molecule has 2 aromatic rings. The lowest BCUT2D eigenvalue weighted by atomic mass is 10.0. The highest BCUT2D eigenvalue weighted by molar-refractivity contribution is 7.89. The Hall–Kier alpha value is -2.39. The molecule has 0 bridgehead atoms. The van der Waals surface area contributed by atoms with E-state index in [0.717, 1.165) is 25.0 Å². The van der Waals surface area contributed by atoms with Gasteiger partial charge in [0.2, 0.25) is 10.0 Å². The van der Waals surface area contributed by atoms with Gasteiger partial charge < -0.3 is 5.32 Å². The molecule has 1 amide bonds. The van der Waals surface area contributed by atoms with Crippen molar-refractivity contribution >= 4 is 15.9 Å². The number of hydrogen-bond donors (Lipinski definition) is 1. The van der Waals surface area contributed by atoms with E-state index in [4.69, 9.17) is 0 Å². The maximum atomic E-state index is 13.0. The van der Waals surface area contributed by atoms with Crippen molar-refractivity contribution in [1.82, 2.24) is 9.62 Å². The minimum absolute atomic E-state index is 0.0388. The third-order valence-corrected chi connectivity index (χ3v) is 7.44. The van der Waals surface area contributed by atoms with Crippen LogP contribution in [-0.4, -0.2) is 31.7 Å². The number of carbonyl (C=O) groups is 1. The molecule has 1 aliphatic heterocycles. The number of carbonyl (C=O) groups excluding carboxylic acids is 1. The zero-order valence-electron chi connectivity index (χ0n) is 17.4. The summed E-state index contributed by atoms with van der Waals surface area (Å²) in [6, 6.07) is 9.09. The second kappa shape index (κ2) is 9.00. The Labute approximate surface area is 180 Å². The number of hydrogen-bond acceptors (Lipinski definition) is 3. The fraction of sp³-hybridized carbons (Fsp3) is 0.409. The van der Waals surface area contributed by atoms with Gasteiger partial charge in [-0.15, -0.1) is 0 Å². The van der Waals surface area contributed by atoms with Crippen molar-refractivity contribution in [1.29, 1.82) is 0 Å². The van der Waals surface area contributed by atoms with Crippen molar-refractivity contribution in [2.45, 2.75) is 44.3 Å². The molecule has 0 unspecified atom stereocenters. The third-order valence-electron chi connectivity index (χ3n) is 5.54. The third kappa shape index (κ3) is 5.46. The quantitative estimate of drug-likeness (QED) is 0.730. The number of halogens is 3. The zero-order valence-corrected chi connectivity index (χ0v) is 18.2. The predicted molar refractivity (Wildman–Crippen MR) is 111 cm³/mol. The molecule has 9 heteroatoms. The number of piperidine rings is 1. The summed E-state index contributed by atoms with van der Waals surface area (Å²) in [5.74, 6) is -0.0686. The van der Waals surface area contributed by atoms with Gasteiger partial charge in [0, 0.05) is 25.2 Å². The van der Waals surface area contributed by atoms with E-state index in [2.05, 4.69) is 12.2 Å². The van der Waals surface area contributed by atoms with Gasteiger partial charge in [0.25, 0.3) is 5.91 Å². The SMILES string of the molecule is Cc1ccc(S(=O)(=O)N2CCC(C)CC2)cc1C(=O)NCc1cccc(C(F)(F)F)c1. The van der Waals surface area contributed by atoms with Gasteiger partial charge in [-0.3, -0.25) is 4.79 Å². The van der Waals surface area contributed by atoms with Gasteiger partial charge in [-0.05, 0) is 61.1 Å². The van der Waals surface area contributed by atoms with E-state index in [-0.39, 0.29) is 17.0 Å². The molecule has 0 atom stereocenters. The summed E-state index contributed by atoms with van der Waals surface area (Å²) in [5, 5.41) is 2.58. The van der Waals surface area contributed by atoms with Crippen LogP contribution in [0.5, 0.6) is 0 Å². The second-order valence-electron chi connectivity index (χ2n) is 7.94. The summed E-state index contributed by atoms with van der Waals surface area (Å²) in [6.07, 6.45) is -2.89. The second-order valence-corrected chi connectivity index (χ2v) is 9.88. The molecular weight excluding hydrogens is 429 g/mol. The van der Waals surface area contributed by atoms with Crippen LogP contribution in [0, 0.1) is 12.8 Å². The monoisotopic (exact) mass is 454 g/mol. The average Bonchev–Trinajstić information content (AvgIpc) is 2.72. The molecule has 3 rings (SSSR count). The molecule has 0 aromatic heterocycles. The van der Waals surface area contributed by atoms with E-state index in [1.54, 1.807) is 13.0 Å². The van der Waals surface area contributed by atoms with Crippen molar-refractivity contribution in [2.24, 2.45) is 5.92 Å². The van der Waals surface area contributed by atoms with Gasteiger partial charge in [0.1, 0.15) is 0 Å². The first-order chi connectivity index (χ1) is 14.5. The Morgan fingerprint density at radius 3 is 2.45 bits per heavy atom. The summed E-state index contributed by atoms with van der Waals surface area (Å²) in [5.41, 5.74) is 0.262. The van der Waals surface area contributed by atoms with Crippen LogP contribution < -0.4 is 5.32 Å². The van der Waals surface area contributed by atoms with Crippen LogP contribution in [0.4, 0.5) is 13.2 Å². The highest BCUT2D eigenvalue weighted by Crippen LogP contribution is 2.29. The Balaban J connectivity index is 1.76. The number of alkyl halides is 3. The van der Waals surface area contributed by atoms with Crippen LogP contribution in [-0.2, 0) is 22.7 Å². The molecule has 1 N–H and O–H groups in total. The minimum atomic E-state index is -4.47. The maximum absolute atomic E-state index is 13.0. The van der Waals surface area contributed by atoms with E-state index in [1.807, 2.05) is 0 Å². The molecule has 1 saturated heterocycles. The maximum Gasteiger partial charge on any atom is 0.416 e. The van der Waals surface area contributed by atoms with E-state index in [1.165, 1.54) is 28.6 Å². The lowest BCUT2D eigenvalue weighted by Crippen LogP contribution is -2.38. The molecule has 5 nitrogen and oxygen atoms in total. The molecule has 0 aliphatic carbocycles. The zero-order chi connectivity index (χ0) is 22.8. The largest absolute Gasteiger partial charge is 0.416 e. The van der Waals surface area contributed by atoms with Crippen LogP contribution in [0.3, 0.4) is 0 Å². The van der Waals surface area contributed by atoms with Gasteiger partial charge in [-0.1, -0.05) is 25.1 Å². The summed E-state index contributed by atoms with van der Waals surface area (Å²) in [6.45, 7) is 4.53. The van der Waals surface area contributed by atoms with Gasteiger partial charge in [-0.25, -0.2) is 8.42 Å². The molecule has 2 aromatic carbocycles. The normalized spacial score (nSPS) is 16.3. The van der Waals surface area contributed by atoms with E-state index < -0.39 is 27.7 Å². The minimum Gasteiger partial charge on any atom is -0.348 e. The molecule has 1 heterocycles. The standard InChI is InChI=1S/C22H25F3N2O3S/c1-15-8-10-27(11-9-15)31(29,30)19-7-6-16(2)20(13-19)21(28)26-14-17-4-3-5-18(12-17)22(23,24)25/h3-7,12-13,15H,8-11,14H2,1-2H3,(H,26,28). The topological polar surface area (TPSA) is 66.5 Å². The molecule has 0 saturated carbocycles. The first-order valence-electron chi connectivity index (χ1n) is 10.0. The molecule has 31 heavy (non-hydrogen) atoms. The van der Waals surface area contributed by atoms with E-state index in [0.29, 0.717) is 30.1 Å². The summed E-state index contributed by atoms with van der Waals surface area (Å²) >= 11 is 0. The first-order valence-corrected chi connectivity index (χ1v) is 11.5. The van der Waals surface area contributed by atoms with Crippen molar-refractivity contribution < 1.29 is 26.4 Å². The van der Waals surface area contributed by atoms with Gasteiger partial charge in [0.05, 0.1) is 10.5 Å². The Kier molecular flexibility index (Phi) is 6.76. The number of aryl methyl sites for hydroxylation is 1. The Morgan fingerprint density at radius 1 is 1.13 bits per heavy atom. The van der Waals surface area contributed by atoms with Crippen LogP contribution in [0.25, 0.3) is 0 Å². The van der Waals surface area contributed by atoms with Crippen molar-refractivity contribution in [3.8, 4) is 0 Å². The van der Waals surface area contributed by atoms with Crippen molar-refractivity contribution in [3.05, 3.63) is 64.7 Å². The molecule has 1 aliphatic rings. The predicted octanol–water partition coefficient (Wildman–Crippen LogP) is 4.36. The molecule has 0 radical (unpaired) electrons. The number of benzene rings is 2. The highest BCUT2D eigenvalue weighted by atomic mass is 32.2.